The molecule has 1 atom stereocenters. The number of hydrogen-bond donors (Lipinski definition) is 0. The van der Waals surface area contributed by atoms with Crippen LogP contribution in [0, 0.1) is 0 Å². The lowest BCUT2D eigenvalue weighted by Crippen LogP contribution is -2.17. The molecule has 4 nitrogen and oxygen atoms in total. The molecule has 3 aromatic rings. The first-order valence-electron chi connectivity index (χ1n) is 9.05. The molecule has 2 aromatic heterocycles. The molecule has 2 fully saturated rings. The molecule has 1 aliphatic carbocycles. The topological polar surface area (TPSA) is 39.9 Å². The van der Waals surface area contributed by atoms with Crippen LogP contribution in [0.25, 0.3) is 22.3 Å². The number of imidazole rings is 1. The van der Waals surface area contributed by atoms with E-state index in [2.05, 4.69) is 33.8 Å². The second-order valence-corrected chi connectivity index (χ2v) is 7.38. The van der Waals surface area contributed by atoms with Gasteiger partial charge in [0.1, 0.15) is 22.6 Å². The van der Waals surface area contributed by atoms with Crippen LogP contribution in [0.3, 0.4) is 0 Å². The quantitative estimate of drug-likeness (QED) is 0.597. The normalized spacial score (nSPS) is 20.9. The smallest absolute Gasteiger partial charge is 0.135 e. The number of pyridine rings is 1. The number of rotatable bonds is 3. The number of hydrogen-bond acceptors (Lipinski definition) is 3. The van der Waals surface area contributed by atoms with E-state index < -0.39 is 0 Å². The first kappa shape index (κ1) is 15.4. The van der Waals surface area contributed by atoms with Crippen LogP contribution < -0.4 is 0 Å². The molecule has 1 saturated heterocycles. The van der Waals surface area contributed by atoms with Crippen molar-refractivity contribution in [2.45, 2.75) is 44.2 Å². The molecule has 1 aromatic carbocycles. The highest BCUT2D eigenvalue weighted by Crippen LogP contribution is 2.45. The summed E-state index contributed by atoms with van der Waals surface area (Å²) in [7, 11) is 0. The predicted octanol–water partition coefficient (Wildman–Crippen LogP) is 5.33. The minimum absolute atomic E-state index is 0.0451. The molecular formula is C20H20ClN3O. The Morgan fingerprint density at radius 2 is 2.00 bits per heavy atom. The molecular weight excluding hydrogens is 334 g/mol. The minimum atomic E-state index is 0.0451. The van der Waals surface area contributed by atoms with Crippen molar-refractivity contribution in [3.63, 3.8) is 0 Å². The van der Waals surface area contributed by atoms with Gasteiger partial charge in [-0.05, 0) is 43.6 Å². The molecule has 128 valence electrons. The average Bonchev–Trinajstić information content (AvgIpc) is 3.41. The van der Waals surface area contributed by atoms with Gasteiger partial charge in [-0.1, -0.05) is 35.9 Å². The van der Waals surface area contributed by atoms with Crippen LogP contribution in [0.15, 0.2) is 36.7 Å². The minimum Gasteiger partial charge on any atom is -0.358 e. The van der Waals surface area contributed by atoms with E-state index >= 15 is 0 Å². The van der Waals surface area contributed by atoms with Crippen molar-refractivity contribution in [2.24, 2.45) is 0 Å². The maximum atomic E-state index is 6.40. The van der Waals surface area contributed by atoms with E-state index in [1.54, 1.807) is 0 Å². The highest BCUT2D eigenvalue weighted by atomic mass is 35.5. The monoisotopic (exact) mass is 353 g/mol. The third kappa shape index (κ3) is 2.74. The van der Waals surface area contributed by atoms with Gasteiger partial charge in [0.05, 0.1) is 11.8 Å². The van der Waals surface area contributed by atoms with Gasteiger partial charge in [0.2, 0.25) is 0 Å². The van der Waals surface area contributed by atoms with Crippen molar-refractivity contribution in [1.82, 2.24) is 14.5 Å². The van der Waals surface area contributed by atoms with Crippen LogP contribution in [-0.2, 0) is 4.74 Å². The number of ether oxygens (including phenoxy) is 1. The third-order valence-corrected chi connectivity index (χ3v) is 5.42. The summed E-state index contributed by atoms with van der Waals surface area (Å²) in [6, 6.07) is 10.4. The highest BCUT2D eigenvalue weighted by Gasteiger charge is 2.28. The van der Waals surface area contributed by atoms with Crippen LogP contribution >= 0.6 is 11.6 Å². The van der Waals surface area contributed by atoms with E-state index in [4.69, 9.17) is 21.3 Å². The Bertz CT molecular complexity index is 926. The summed E-state index contributed by atoms with van der Waals surface area (Å²) in [5, 5.41) is 0.505. The number of benzene rings is 1. The number of aromatic nitrogens is 3. The SMILES string of the molecule is Clc1cc2c(ncn2C2CCCCO2)c(-c2ccccc2C2CC2)n1. The molecule has 1 unspecified atom stereocenters. The van der Waals surface area contributed by atoms with Crippen molar-refractivity contribution in [2.75, 3.05) is 6.61 Å². The van der Waals surface area contributed by atoms with E-state index in [9.17, 15) is 0 Å². The summed E-state index contributed by atoms with van der Waals surface area (Å²) in [4.78, 5) is 9.34. The zero-order valence-electron chi connectivity index (χ0n) is 14.0. The van der Waals surface area contributed by atoms with Gasteiger partial charge >= 0.3 is 0 Å². The fraction of sp³-hybridized carbons (Fsp3) is 0.400. The Kier molecular flexibility index (Phi) is 3.75. The first-order chi connectivity index (χ1) is 12.3. The lowest BCUT2D eigenvalue weighted by Gasteiger charge is -2.24. The first-order valence-corrected chi connectivity index (χ1v) is 9.43. The molecule has 0 radical (unpaired) electrons. The van der Waals surface area contributed by atoms with Crippen molar-refractivity contribution >= 4 is 22.6 Å². The van der Waals surface area contributed by atoms with Gasteiger partial charge in [-0.3, -0.25) is 0 Å². The molecule has 5 heteroatoms. The standard InChI is InChI=1S/C20H20ClN3O/c21-17-11-16-20(22-12-24(16)18-7-3-4-10-25-18)19(23-17)15-6-2-1-5-14(15)13-8-9-13/h1-2,5-6,11-13,18H,3-4,7-10H2. The maximum absolute atomic E-state index is 6.40. The summed E-state index contributed by atoms with van der Waals surface area (Å²) in [5.41, 5.74) is 5.33. The van der Waals surface area contributed by atoms with E-state index in [1.165, 1.54) is 24.8 Å². The third-order valence-electron chi connectivity index (χ3n) is 5.23. The second-order valence-electron chi connectivity index (χ2n) is 7.00. The van der Waals surface area contributed by atoms with Crippen LogP contribution in [0.2, 0.25) is 5.15 Å². The van der Waals surface area contributed by atoms with Gasteiger partial charge in [0, 0.05) is 18.2 Å². The van der Waals surface area contributed by atoms with E-state index in [0.29, 0.717) is 11.1 Å². The van der Waals surface area contributed by atoms with Gasteiger partial charge in [0.25, 0.3) is 0 Å². The van der Waals surface area contributed by atoms with Gasteiger partial charge in [-0.25, -0.2) is 9.97 Å². The summed E-state index contributed by atoms with van der Waals surface area (Å²) in [6.45, 7) is 0.806. The van der Waals surface area contributed by atoms with Crippen molar-refractivity contribution in [3.05, 3.63) is 47.4 Å². The Morgan fingerprint density at radius 3 is 2.80 bits per heavy atom. The Balaban J connectivity index is 1.68. The maximum Gasteiger partial charge on any atom is 0.135 e. The van der Waals surface area contributed by atoms with E-state index in [1.807, 2.05) is 12.4 Å². The summed E-state index contributed by atoms with van der Waals surface area (Å²) in [6.07, 6.45) is 7.76. The lowest BCUT2D eigenvalue weighted by atomic mass is 9.99. The number of nitrogens with zero attached hydrogens (tertiary/aromatic N) is 3. The van der Waals surface area contributed by atoms with Gasteiger partial charge in [-0.15, -0.1) is 0 Å². The highest BCUT2D eigenvalue weighted by molar-refractivity contribution is 6.30. The van der Waals surface area contributed by atoms with Crippen molar-refractivity contribution in [1.29, 1.82) is 0 Å². The van der Waals surface area contributed by atoms with Gasteiger partial charge in [-0.2, -0.15) is 0 Å². The summed E-state index contributed by atoms with van der Waals surface area (Å²) in [5.74, 6) is 0.649. The van der Waals surface area contributed by atoms with Gasteiger partial charge < -0.3 is 9.30 Å². The molecule has 5 rings (SSSR count). The number of halogens is 1. The summed E-state index contributed by atoms with van der Waals surface area (Å²) >= 11 is 6.40. The zero-order valence-corrected chi connectivity index (χ0v) is 14.7. The van der Waals surface area contributed by atoms with Crippen LogP contribution in [-0.4, -0.2) is 21.1 Å². The lowest BCUT2D eigenvalue weighted by molar-refractivity contribution is -0.0295. The average molecular weight is 354 g/mol. The molecule has 25 heavy (non-hydrogen) atoms. The van der Waals surface area contributed by atoms with Gasteiger partial charge in [0.15, 0.2) is 0 Å². The largest absolute Gasteiger partial charge is 0.358 e. The molecule has 1 saturated carbocycles. The summed E-state index contributed by atoms with van der Waals surface area (Å²) < 4.78 is 8.06. The van der Waals surface area contributed by atoms with Crippen LogP contribution in [0.4, 0.5) is 0 Å². The second kappa shape index (κ2) is 6.11. The van der Waals surface area contributed by atoms with Crippen LogP contribution in [0.5, 0.6) is 0 Å². The van der Waals surface area contributed by atoms with Crippen molar-refractivity contribution < 1.29 is 4.74 Å². The molecule has 0 N–H and O–H groups in total. The zero-order chi connectivity index (χ0) is 16.8. The van der Waals surface area contributed by atoms with E-state index in [-0.39, 0.29) is 6.23 Å². The predicted molar refractivity (Wildman–Crippen MR) is 98.8 cm³/mol. The van der Waals surface area contributed by atoms with E-state index in [0.717, 1.165) is 41.7 Å². The Labute approximate surface area is 151 Å². The van der Waals surface area contributed by atoms with Crippen LogP contribution in [0.1, 0.15) is 49.8 Å². The molecule has 0 spiro atoms. The fourth-order valence-electron chi connectivity index (χ4n) is 3.82. The fourth-order valence-corrected chi connectivity index (χ4v) is 4.01. The molecule has 0 bridgehead atoms. The molecule has 2 aliphatic rings. The Morgan fingerprint density at radius 1 is 1.12 bits per heavy atom. The molecule has 0 amide bonds. The molecule has 1 aliphatic heterocycles. The van der Waals surface area contributed by atoms with Crippen molar-refractivity contribution in [3.8, 4) is 11.3 Å². The molecule has 3 heterocycles. The Hall–Kier alpha value is -1.91. The number of fused-ring (bicyclic) bond motifs is 1.